The van der Waals surface area contributed by atoms with E-state index in [1.807, 2.05) is 13.0 Å². The number of hydrogen-bond donors (Lipinski definition) is 1. The Bertz CT molecular complexity index is 637. The van der Waals surface area contributed by atoms with E-state index < -0.39 is 0 Å². The summed E-state index contributed by atoms with van der Waals surface area (Å²) in [6, 6.07) is 1.89. The van der Waals surface area contributed by atoms with Crippen LogP contribution in [0.3, 0.4) is 0 Å². The summed E-state index contributed by atoms with van der Waals surface area (Å²) in [7, 11) is 1.79. The number of rotatable bonds is 1. The Morgan fingerprint density at radius 2 is 2.17 bits per heavy atom. The molecule has 0 saturated carbocycles. The van der Waals surface area contributed by atoms with Crippen LogP contribution in [0.5, 0.6) is 11.5 Å². The van der Waals surface area contributed by atoms with Crippen LogP contribution in [0.25, 0.3) is 11.1 Å². The molecule has 0 amide bonds. The summed E-state index contributed by atoms with van der Waals surface area (Å²) in [4.78, 5) is 0. The number of aryl methyl sites for hydroxylation is 1. The summed E-state index contributed by atoms with van der Waals surface area (Å²) in [5.74, 6) is 1.83. The normalized spacial score (nSPS) is 13.1. The molecule has 2 aromatic rings. The van der Waals surface area contributed by atoms with Gasteiger partial charge >= 0.3 is 0 Å². The number of nitrogens with zero attached hydrogens (tertiary/aromatic N) is 2. The summed E-state index contributed by atoms with van der Waals surface area (Å²) in [6.45, 7) is 2.12. The largest absolute Gasteiger partial charge is 0.454 e. The predicted octanol–water partition coefficient (Wildman–Crippen LogP) is 2.36. The number of halogens is 1. The van der Waals surface area contributed by atoms with E-state index in [-0.39, 0.29) is 6.79 Å². The number of aromatic nitrogens is 2. The minimum atomic E-state index is 0.195. The fourth-order valence-corrected chi connectivity index (χ4v) is 2.28. The van der Waals surface area contributed by atoms with Gasteiger partial charge < -0.3 is 15.2 Å². The zero-order chi connectivity index (χ0) is 12.9. The van der Waals surface area contributed by atoms with Crippen molar-refractivity contribution < 1.29 is 9.47 Å². The highest BCUT2D eigenvalue weighted by Crippen LogP contribution is 2.45. The van der Waals surface area contributed by atoms with E-state index in [9.17, 15) is 0 Å². The number of nitrogens with two attached hydrogens (primary N) is 1. The quantitative estimate of drug-likeness (QED) is 0.860. The first-order valence-corrected chi connectivity index (χ1v) is 5.84. The standard InChI is InChI=1S/C12H12ClN3O2/c1-6-7(8-4-15-16(2)12(8)14)3-9-11(10(6)13)18-5-17-9/h3-4H,5,14H2,1-2H3. The average molecular weight is 266 g/mol. The van der Waals surface area contributed by atoms with Crippen LogP contribution in [0.2, 0.25) is 5.02 Å². The maximum Gasteiger partial charge on any atom is 0.231 e. The lowest BCUT2D eigenvalue weighted by molar-refractivity contribution is 0.174. The summed E-state index contributed by atoms with van der Waals surface area (Å²) in [5.41, 5.74) is 8.64. The molecule has 1 aliphatic heterocycles. The molecule has 1 aromatic carbocycles. The van der Waals surface area contributed by atoms with Gasteiger partial charge in [-0.05, 0) is 24.1 Å². The van der Waals surface area contributed by atoms with Gasteiger partial charge in [0.1, 0.15) is 5.82 Å². The molecule has 0 saturated heterocycles. The average Bonchev–Trinajstić information content (AvgIpc) is 2.93. The molecule has 3 rings (SSSR count). The third-order valence-corrected chi connectivity index (χ3v) is 3.58. The molecule has 2 heterocycles. The van der Waals surface area contributed by atoms with Crippen molar-refractivity contribution >= 4 is 17.4 Å². The zero-order valence-corrected chi connectivity index (χ0v) is 10.8. The first-order chi connectivity index (χ1) is 8.59. The van der Waals surface area contributed by atoms with Gasteiger partial charge in [0, 0.05) is 12.6 Å². The van der Waals surface area contributed by atoms with Gasteiger partial charge in [-0.15, -0.1) is 0 Å². The molecule has 0 spiro atoms. The van der Waals surface area contributed by atoms with Gasteiger partial charge in [0.2, 0.25) is 6.79 Å². The van der Waals surface area contributed by atoms with E-state index in [0.717, 1.165) is 16.7 Å². The first-order valence-electron chi connectivity index (χ1n) is 5.46. The lowest BCUT2D eigenvalue weighted by Crippen LogP contribution is -1.98. The van der Waals surface area contributed by atoms with Crippen LogP contribution in [0.1, 0.15) is 5.56 Å². The van der Waals surface area contributed by atoms with Crippen LogP contribution in [0, 0.1) is 6.92 Å². The summed E-state index contributed by atoms with van der Waals surface area (Å²) < 4.78 is 12.3. The van der Waals surface area contributed by atoms with Gasteiger partial charge in [0.05, 0.1) is 11.2 Å². The van der Waals surface area contributed by atoms with Gasteiger partial charge in [-0.3, -0.25) is 4.68 Å². The Morgan fingerprint density at radius 1 is 1.39 bits per heavy atom. The van der Waals surface area contributed by atoms with E-state index in [1.165, 1.54) is 0 Å². The van der Waals surface area contributed by atoms with E-state index in [1.54, 1.807) is 17.9 Å². The van der Waals surface area contributed by atoms with Gasteiger partial charge in [-0.2, -0.15) is 5.10 Å². The van der Waals surface area contributed by atoms with Gasteiger partial charge in [-0.1, -0.05) is 11.6 Å². The molecular weight excluding hydrogens is 254 g/mol. The molecule has 0 aliphatic carbocycles. The third kappa shape index (κ3) is 1.44. The molecule has 0 unspecified atom stereocenters. The molecule has 1 aromatic heterocycles. The maximum absolute atomic E-state index is 6.28. The van der Waals surface area contributed by atoms with Crippen molar-refractivity contribution in [3.63, 3.8) is 0 Å². The minimum absolute atomic E-state index is 0.195. The molecule has 94 valence electrons. The predicted molar refractivity (Wildman–Crippen MR) is 68.9 cm³/mol. The van der Waals surface area contributed by atoms with E-state index in [4.69, 9.17) is 26.8 Å². The molecule has 18 heavy (non-hydrogen) atoms. The van der Waals surface area contributed by atoms with Crippen LogP contribution in [0.4, 0.5) is 5.82 Å². The Balaban J connectivity index is 2.25. The number of nitrogen functional groups attached to an aromatic ring is 1. The highest BCUT2D eigenvalue weighted by molar-refractivity contribution is 6.33. The molecule has 6 heteroatoms. The Morgan fingerprint density at radius 3 is 2.83 bits per heavy atom. The Labute approximate surface area is 109 Å². The topological polar surface area (TPSA) is 62.3 Å². The Hall–Kier alpha value is -1.88. The van der Waals surface area contributed by atoms with Gasteiger partial charge in [-0.25, -0.2) is 0 Å². The highest BCUT2D eigenvalue weighted by Gasteiger charge is 2.23. The lowest BCUT2D eigenvalue weighted by atomic mass is 10.0. The smallest absolute Gasteiger partial charge is 0.231 e. The molecule has 0 fully saturated rings. The number of anilines is 1. The number of fused-ring (bicyclic) bond motifs is 1. The first kappa shape index (κ1) is 11.2. The van der Waals surface area contributed by atoms with E-state index >= 15 is 0 Å². The molecule has 0 bridgehead atoms. The number of hydrogen-bond acceptors (Lipinski definition) is 4. The molecule has 2 N–H and O–H groups in total. The van der Waals surface area contributed by atoms with Gasteiger partial charge in [0.15, 0.2) is 11.5 Å². The molecule has 5 nitrogen and oxygen atoms in total. The van der Waals surface area contributed by atoms with Crippen LogP contribution < -0.4 is 15.2 Å². The summed E-state index contributed by atoms with van der Waals surface area (Å²) in [6.07, 6.45) is 1.72. The fourth-order valence-electron chi connectivity index (χ4n) is 2.03. The van der Waals surface area contributed by atoms with Crippen molar-refractivity contribution in [1.29, 1.82) is 0 Å². The lowest BCUT2D eigenvalue weighted by Gasteiger charge is -2.09. The van der Waals surface area contributed by atoms with E-state index in [2.05, 4.69) is 5.10 Å². The van der Waals surface area contributed by atoms with Gasteiger partial charge in [0.25, 0.3) is 0 Å². The molecule has 0 radical (unpaired) electrons. The van der Waals surface area contributed by atoms with Crippen LogP contribution in [-0.4, -0.2) is 16.6 Å². The summed E-state index contributed by atoms with van der Waals surface area (Å²) >= 11 is 6.28. The number of ether oxygens (including phenoxy) is 2. The minimum Gasteiger partial charge on any atom is -0.454 e. The Kier molecular flexibility index (Phi) is 2.38. The highest BCUT2D eigenvalue weighted by atomic mass is 35.5. The second-order valence-electron chi connectivity index (χ2n) is 4.16. The SMILES string of the molecule is Cc1c(-c2cnn(C)c2N)cc2c(c1Cl)OCO2. The monoisotopic (exact) mass is 265 g/mol. The number of benzene rings is 1. The fraction of sp³-hybridized carbons (Fsp3) is 0.250. The van der Waals surface area contributed by atoms with Crippen molar-refractivity contribution in [2.45, 2.75) is 6.92 Å². The molecule has 1 aliphatic rings. The van der Waals surface area contributed by atoms with Crippen molar-refractivity contribution in [2.24, 2.45) is 7.05 Å². The van der Waals surface area contributed by atoms with Crippen LogP contribution in [0.15, 0.2) is 12.3 Å². The van der Waals surface area contributed by atoms with Crippen molar-refractivity contribution in [3.8, 4) is 22.6 Å². The van der Waals surface area contributed by atoms with Crippen LogP contribution in [-0.2, 0) is 7.05 Å². The van der Waals surface area contributed by atoms with Crippen LogP contribution >= 0.6 is 11.6 Å². The van der Waals surface area contributed by atoms with E-state index in [0.29, 0.717) is 22.3 Å². The van der Waals surface area contributed by atoms with Crippen molar-refractivity contribution in [2.75, 3.05) is 12.5 Å². The van der Waals surface area contributed by atoms with Crippen molar-refractivity contribution in [3.05, 3.63) is 22.8 Å². The zero-order valence-electron chi connectivity index (χ0n) is 10.0. The second kappa shape index (κ2) is 3.81. The maximum atomic E-state index is 6.28. The molecular formula is C12H12ClN3O2. The second-order valence-corrected chi connectivity index (χ2v) is 4.54. The third-order valence-electron chi connectivity index (χ3n) is 3.12. The summed E-state index contributed by atoms with van der Waals surface area (Å²) in [5, 5.41) is 4.69. The molecule has 0 atom stereocenters. The van der Waals surface area contributed by atoms with Crippen molar-refractivity contribution in [1.82, 2.24) is 9.78 Å².